The third-order valence-corrected chi connectivity index (χ3v) is 2.71. The molecule has 0 radical (unpaired) electrons. The maximum absolute atomic E-state index is 5.67. The van der Waals surface area contributed by atoms with Gasteiger partial charge in [-0.3, -0.25) is 0 Å². The van der Waals surface area contributed by atoms with E-state index in [1.807, 2.05) is 6.92 Å². The lowest BCUT2D eigenvalue weighted by Gasteiger charge is -2.12. The second-order valence-corrected chi connectivity index (χ2v) is 4.57. The van der Waals surface area contributed by atoms with Crippen LogP contribution in [0.2, 0.25) is 0 Å². The fourth-order valence-electron chi connectivity index (χ4n) is 1.68. The quantitative estimate of drug-likeness (QED) is 0.685. The molecular weight excluding hydrogens is 226 g/mol. The third-order valence-electron chi connectivity index (χ3n) is 2.71. The zero-order valence-corrected chi connectivity index (χ0v) is 11.7. The number of ether oxygens (including phenoxy) is 2. The van der Waals surface area contributed by atoms with Gasteiger partial charge in [0.1, 0.15) is 0 Å². The van der Waals surface area contributed by atoms with E-state index in [2.05, 4.69) is 36.5 Å². The van der Waals surface area contributed by atoms with Crippen LogP contribution < -0.4 is 5.32 Å². The van der Waals surface area contributed by atoms with Gasteiger partial charge in [0.25, 0.3) is 0 Å². The van der Waals surface area contributed by atoms with Gasteiger partial charge in [-0.2, -0.15) is 0 Å². The summed E-state index contributed by atoms with van der Waals surface area (Å²) in [5.41, 5.74) is 2.52. The minimum atomic E-state index is 0.140. The van der Waals surface area contributed by atoms with Crippen LogP contribution in [-0.2, 0) is 22.6 Å². The van der Waals surface area contributed by atoms with Gasteiger partial charge in [0, 0.05) is 13.7 Å². The Morgan fingerprint density at radius 2 is 1.83 bits per heavy atom. The van der Waals surface area contributed by atoms with Crippen molar-refractivity contribution in [1.82, 2.24) is 5.32 Å². The van der Waals surface area contributed by atoms with E-state index in [0.29, 0.717) is 13.2 Å². The second-order valence-electron chi connectivity index (χ2n) is 4.57. The van der Waals surface area contributed by atoms with Gasteiger partial charge in [-0.05, 0) is 31.0 Å². The SMILES string of the molecule is CCCNCc1ccc(COC(C)COC)cc1. The Bertz CT molecular complexity index is 311. The average molecular weight is 251 g/mol. The highest BCUT2D eigenvalue weighted by Crippen LogP contribution is 2.07. The van der Waals surface area contributed by atoms with Crippen molar-refractivity contribution in [3.05, 3.63) is 35.4 Å². The summed E-state index contributed by atoms with van der Waals surface area (Å²) in [7, 11) is 1.69. The van der Waals surface area contributed by atoms with Gasteiger partial charge in [0.2, 0.25) is 0 Å². The predicted octanol–water partition coefficient (Wildman–Crippen LogP) is 2.74. The van der Waals surface area contributed by atoms with Crippen LogP contribution in [0.3, 0.4) is 0 Å². The lowest BCUT2D eigenvalue weighted by atomic mass is 10.1. The lowest BCUT2D eigenvalue weighted by molar-refractivity contribution is -0.000129. The van der Waals surface area contributed by atoms with Gasteiger partial charge in [0.05, 0.1) is 19.3 Å². The molecule has 0 spiro atoms. The molecule has 3 heteroatoms. The van der Waals surface area contributed by atoms with Crippen LogP contribution in [0.25, 0.3) is 0 Å². The van der Waals surface area contributed by atoms with Gasteiger partial charge in [-0.25, -0.2) is 0 Å². The predicted molar refractivity (Wildman–Crippen MR) is 74.6 cm³/mol. The van der Waals surface area contributed by atoms with Crippen LogP contribution in [0.4, 0.5) is 0 Å². The van der Waals surface area contributed by atoms with E-state index >= 15 is 0 Å². The Hall–Kier alpha value is -0.900. The summed E-state index contributed by atoms with van der Waals surface area (Å²) in [5.74, 6) is 0. The van der Waals surface area contributed by atoms with E-state index in [1.165, 1.54) is 17.5 Å². The molecule has 1 N–H and O–H groups in total. The number of benzene rings is 1. The Balaban J connectivity index is 2.31. The molecule has 0 heterocycles. The summed E-state index contributed by atoms with van der Waals surface area (Å²) < 4.78 is 10.7. The molecule has 0 aliphatic rings. The van der Waals surface area contributed by atoms with E-state index < -0.39 is 0 Å². The van der Waals surface area contributed by atoms with Crippen molar-refractivity contribution in [3.63, 3.8) is 0 Å². The van der Waals surface area contributed by atoms with Crippen LogP contribution in [0.15, 0.2) is 24.3 Å². The zero-order valence-electron chi connectivity index (χ0n) is 11.7. The van der Waals surface area contributed by atoms with Crippen molar-refractivity contribution in [2.75, 3.05) is 20.3 Å². The molecular formula is C15H25NO2. The smallest absolute Gasteiger partial charge is 0.0784 e. The normalized spacial score (nSPS) is 12.6. The number of hydrogen-bond donors (Lipinski definition) is 1. The van der Waals surface area contributed by atoms with E-state index in [0.717, 1.165) is 13.1 Å². The van der Waals surface area contributed by atoms with E-state index in [-0.39, 0.29) is 6.10 Å². The van der Waals surface area contributed by atoms with Crippen molar-refractivity contribution in [1.29, 1.82) is 0 Å². The van der Waals surface area contributed by atoms with Crippen molar-refractivity contribution in [2.45, 2.75) is 39.5 Å². The summed E-state index contributed by atoms with van der Waals surface area (Å²) in [6.45, 7) is 7.49. The van der Waals surface area contributed by atoms with E-state index in [9.17, 15) is 0 Å². The number of nitrogens with one attached hydrogen (secondary N) is 1. The van der Waals surface area contributed by atoms with Crippen molar-refractivity contribution in [3.8, 4) is 0 Å². The lowest BCUT2D eigenvalue weighted by Crippen LogP contribution is -2.15. The van der Waals surface area contributed by atoms with Gasteiger partial charge >= 0.3 is 0 Å². The largest absolute Gasteiger partial charge is 0.382 e. The summed E-state index contributed by atoms with van der Waals surface area (Å²) in [6, 6.07) is 8.57. The fraction of sp³-hybridized carbons (Fsp3) is 0.600. The first-order chi connectivity index (χ1) is 8.76. The molecule has 1 aromatic carbocycles. The third kappa shape index (κ3) is 6.15. The standard InChI is InChI=1S/C15H25NO2/c1-4-9-16-10-14-5-7-15(8-6-14)12-18-13(2)11-17-3/h5-8,13,16H,4,9-12H2,1-3H3. The highest BCUT2D eigenvalue weighted by molar-refractivity contribution is 5.21. The Morgan fingerprint density at radius 1 is 1.17 bits per heavy atom. The molecule has 1 atom stereocenters. The minimum absolute atomic E-state index is 0.140. The van der Waals surface area contributed by atoms with Crippen molar-refractivity contribution < 1.29 is 9.47 Å². The highest BCUT2D eigenvalue weighted by atomic mass is 16.5. The molecule has 0 aliphatic carbocycles. The van der Waals surface area contributed by atoms with Crippen molar-refractivity contribution in [2.24, 2.45) is 0 Å². The molecule has 1 aromatic rings. The molecule has 1 unspecified atom stereocenters. The van der Waals surface area contributed by atoms with Crippen LogP contribution in [0.1, 0.15) is 31.4 Å². The molecule has 0 saturated heterocycles. The zero-order chi connectivity index (χ0) is 13.2. The number of rotatable bonds is 9. The Morgan fingerprint density at radius 3 is 2.44 bits per heavy atom. The molecule has 0 aromatic heterocycles. The van der Waals surface area contributed by atoms with Gasteiger partial charge in [-0.15, -0.1) is 0 Å². The van der Waals surface area contributed by atoms with Crippen LogP contribution in [0, 0.1) is 0 Å². The molecule has 1 rings (SSSR count). The number of hydrogen-bond acceptors (Lipinski definition) is 3. The molecule has 0 fully saturated rings. The summed E-state index contributed by atoms with van der Waals surface area (Å²) in [5, 5.41) is 3.39. The van der Waals surface area contributed by atoms with Crippen LogP contribution in [-0.4, -0.2) is 26.4 Å². The van der Waals surface area contributed by atoms with Gasteiger partial charge in [-0.1, -0.05) is 31.2 Å². The highest BCUT2D eigenvalue weighted by Gasteiger charge is 2.01. The molecule has 102 valence electrons. The topological polar surface area (TPSA) is 30.5 Å². The maximum atomic E-state index is 5.67. The van der Waals surface area contributed by atoms with E-state index in [1.54, 1.807) is 7.11 Å². The monoisotopic (exact) mass is 251 g/mol. The van der Waals surface area contributed by atoms with Crippen LogP contribution in [0.5, 0.6) is 0 Å². The average Bonchev–Trinajstić information content (AvgIpc) is 2.38. The van der Waals surface area contributed by atoms with Gasteiger partial charge in [0.15, 0.2) is 0 Å². The fourth-order valence-corrected chi connectivity index (χ4v) is 1.68. The van der Waals surface area contributed by atoms with Crippen LogP contribution >= 0.6 is 0 Å². The maximum Gasteiger partial charge on any atom is 0.0784 e. The summed E-state index contributed by atoms with van der Waals surface area (Å²) >= 11 is 0. The van der Waals surface area contributed by atoms with Crippen molar-refractivity contribution >= 4 is 0 Å². The minimum Gasteiger partial charge on any atom is -0.382 e. The second kappa shape index (κ2) is 9.09. The molecule has 3 nitrogen and oxygen atoms in total. The molecule has 0 bridgehead atoms. The Kier molecular flexibility index (Phi) is 7.65. The molecule has 0 amide bonds. The first-order valence-corrected chi connectivity index (χ1v) is 6.65. The Labute approximate surface area is 110 Å². The molecule has 0 aliphatic heterocycles. The summed E-state index contributed by atoms with van der Waals surface area (Å²) in [6.07, 6.45) is 1.31. The van der Waals surface area contributed by atoms with Gasteiger partial charge < -0.3 is 14.8 Å². The number of methoxy groups -OCH3 is 1. The summed E-state index contributed by atoms with van der Waals surface area (Å²) in [4.78, 5) is 0. The van der Waals surface area contributed by atoms with E-state index in [4.69, 9.17) is 9.47 Å². The first kappa shape index (κ1) is 15.2. The molecule has 18 heavy (non-hydrogen) atoms. The first-order valence-electron chi connectivity index (χ1n) is 6.65. The molecule has 0 saturated carbocycles.